The Morgan fingerprint density at radius 2 is 2.00 bits per heavy atom. The van der Waals surface area contributed by atoms with Crippen molar-refractivity contribution in [2.75, 3.05) is 26.7 Å². The van der Waals surface area contributed by atoms with Crippen molar-refractivity contribution >= 4 is 11.8 Å². The van der Waals surface area contributed by atoms with Crippen molar-refractivity contribution in [1.82, 2.24) is 10.2 Å². The van der Waals surface area contributed by atoms with E-state index in [1.165, 1.54) is 24.0 Å². The van der Waals surface area contributed by atoms with Crippen LogP contribution in [0.3, 0.4) is 0 Å². The number of benzene rings is 1. The SMILES string of the molecule is CNC(=O)C[C@@H]1CN(C(=O)CCCOc2ccc3c(c2)CCCC3)C[C@H]1O. The van der Waals surface area contributed by atoms with Gasteiger partial charge in [0.05, 0.1) is 12.7 Å². The number of nitrogens with zero attached hydrogens (tertiary/aromatic N) is 1. The third-order valence-corrected chi connectivity index (χ3v) is 5.61. The molecule has 0 saturated carbocycles. The number of carbonyl (C=O) groups excluding carboxylic acids is 2. The molecular weight excluding hydrogens is 344 g/mol. The van der Waals surface area contributed by atoms with Gasteiger partial charge in [-0.2, -0.15) is 0 Å². The molecule has 1 aromatic carbocycles. The number of likely N-dealkylation sites (tertiary alicyclic amines) is 1. The summed E-state index contributed by atoms with van der Waals surface area (Å²) in [5.41, 5.74) is 2.82. The standard InChI is InChI=1S/C21H30N2O4/c1-22-20(25)12-17-13-23(14-19(17)24)21(26)7-4-10-27-18-9-8-15-5-2-3-6-16(15)11-18/h8-9,11,17,19,24H,2-7,10,12-14H2,1H3,(H,22,25)/t17-,19-/m1/s1. The van der Waals surface area contributed by atoms with Crippen molar-refractivity contribution in [3.05, 3.63) is 29.3 Å². The molecule has 2 aliphatic rings. The molecule has 3 rings (SSSR count). The number of hydrogen-bond donors (Lipinski definition) is 2. The number of aryl methyl sites for hydroxylation is 2. The monoisotopic (exact) mass is 374 g/mol. The summed E-state index contributed by atoms with van der Waals surface area (Å²) in [6, 6.07) is 6.32. The lowest BCUT2D eigenvalue weighted by atomic mass is 9.92. The molecule has 2 N–H and O–H groups in total. The molecule has 1 aromatic rings. The van der Waals surface area contributed by atoms with Crippen molar-refractivity contribution in [1.29, 1.82) is 0 Å². The zero-order valence-corrected chi connectivity index (χ0v) is 16.1. The quantitative estimate of drug-likeness (QED) is 0.712. The average Bonchev–Trinajstić information content (AvgIpc) is 3.05. The topological polar surface area (TPSA) is 78.9 Å². The van der Waals surface area contributed by atoms with E-state index < -0.39 is 6.10 Å². The zero-order chi connectivity index (χ0) is 19.2. The number of nitrogens with one attached hydrogen (secondary N) is 1. The van der Waals surface area contributed by atoms with Gasteiger partial charge in [-0.15, -0.1) is 0 Å². The fourth-order valence-corrected chi connectivity index (χ4v) is 3.97. The summed E-state index contributed by atoms with van der Waals surface area (Å²) in [6.07, 6.45) is 5.46. The van der Waals surface area contributed by atoms with E-state index >= 15 is 0 Å². The van der Waals surface area contributed by atoms with Crippen LogP contribution in [0.25, 0.3) is 0 Å². The van der Waals surface area contributed by atoms with Crippen molar-refractivity contribution in [3.63, 3.8) is 0 Å². The average molecular weight is 374 g/mol. The van der Waals surface area contributed by atoms with Crippen LogP contribution >= 0.6 is 0 Å². The number of fused-ring (bicyclic) bond motifs is 1. The highest BCUT2D eigenvalue weighted by molar-refractivity contribution is 5.78. The highest BCUT2D eigenvalue weighted by atomic mass is 16.5. The molecule has 0 bridgehead atoms. The van der Waals surface area contributed by atoms with Crippen molar-refractivity contribution in [2.24, 2.45) is 5.92 Å². The maximum absolute atomic E-state index is 12.4. The second kappa shape index (κ2) is 9.22. The molecule has 0 spiro atoms. The van der Waals surface area contributed by atoms with E-state index in [9.17, 15) is 14.7 Å². The Morgan fingerprint density at radius 1 is 1.22 bits per heavy atom. The summed E-state index contributed by atoms with van der Waals surface area (Å²) in [5.74, 6) is 0.611. The van der Waals surface area contributed by atoms with Gasteiger partial charge in [0, 0.05) is 38.9 Å². The number of β-amino-alcohol motifs (C(OH)–C–C–N with tert-alkyl or cyclic N) is 1. The first-order chi connectivity index (χ1) is 13.1. The van der Waals surface area contributed by atoms with Gasteiger partial charge in [0.2, 0.25) is 11.8 Å². The Morgan fingerprint density at radius 3 is 2.78 bits per heavy atom. The highest BCUT2D eigenvalue weighted by Gasteiger charge is 2.34. The van der Waals surface area contributed by atoms with Crippen LogP contribution in [0.5, 0.6) is 5.75 Å². The van der Waals surface area contributed by atoms with Crippen molar-refractivity contribution in [3.8, 4) is 5.75 Å². The van der Waals surface area contributed by atoms with Gasteiger partial charge in [0.15, 0.2) is 0 Å². The van der Waals surface area contributed by atoms with Crippen molar-refractivity contribution < 1.29 is 19.4 Å². The predicted molar refractivity (Wildman–Crippen MR) is 103 cm³/mol. The van der Waals surface area contributed by atoms with Crippen LogP contribution in [-0.4, -0.2) is 54.7 Å². The Balaban J connectivity index is 1.39. The second-order valence-corrected chi connectivity index (χ2v) is 7.59. The molecule has 6 heteroatoms. The third kappa shape index (κ3) is 5.22. The predicted octanol–water partition coefficient (Wildman–Crippen LogP) is 1.68. The van der Waals surface area contributed by atoms with Gasteiger partial charge in [0.25, 0.3) is 0 Å². The molecule has 0 radical (unpaired) electrons. The molecule has 2 amide bonds. The Hall–Kier alpha value is -2.08. The molecule has 0 aromatic heterocycles. The van der Waals surface area contributed by atoms with Gasteiger partial charge < -0.3 is 20.1 Å². The maximum Gasteiger partial charge on any atom is 0.222 e. The van der Waals surface area contributed by atoms with Crippen LogP contribution < -0.4 is 10.1 Å². The van der Waals surface area contributed by atoms with Crippen LogP contribution in [0.15, 0.2) is 18.2 Å². The van der Waals surface area contributed by atoms with Gasteiger partial charge in [-0.05, 0) is 55.4 Å². The first kappa shape index (κ1) is 19.7. The fourth-order valence-electron chi connectivity index (χ4n) is 3.97. The zero-order valence-electron chi connectivity index (χ0n) is 16.1. The van der Waals surface area contributed by atoms with Gasteiger partial charge >= 0.3 is 0 Å². The largest absolute Gasteiger partial charge is 0.494 e. The lowest BCUT2D eigenvalue weighted by Crippen LogP contribution is -2.30. The molecular formula is C21H30N2O4. The number of rotatable bonds is 7. The summed E-state index contributed by atoms with van der Waals surface area (Å²) < 4.78 is 5.82. The smallest absolute Gasteiger partial charge is 0.222 e. The Bertz CT molecular complexity index is 676. The molecule has 0 unspecified atom stereocenters. The van der Waals surface area contributed by atoms with E-state index in [2.05, 4.69) is 17.4 Å². The Labute approximate surface area is 160 Å². The molecule has 1 aliphatic heterocycles. The van der Waals surface area contributed by atoms with E-state index in [-0.39, 0.29) is 24.2 Å². The number of aliphatic hydroxyl groups excluding tert-OH is 1. The van der Waals surface area contributed by atoms with Gasteiger partial charge in [-0.25, -0.2) is 0 Å². The van der Waals surface area contributed by atoms with Crippen LogP contribution in [0.1, 0.15) is 43.2 Å². The van der Waals surface area contributed by atoms with Gasteiger partial charge in [0.1, 0.15) is 5.75 Å². The number of hydrogen-bond acceptors (Lipinski definition) is 4. The molecule has 27 heavy (non-hydrogen) atoms. The maximum atomic E-state index is 12.4. The van der Waals surface area contributed by atoms with Crippen LogP contribution in [0, 0.1) is 5.92 Å². The number of ether oxygens (including phenoxy) is 1. The minimum atomic E-state index is -0.627. The normalized spacial score (nSPS) is 21.6. The van der Waals surface area contributed by atoms with E-state index in [4.69, 9.17) is 4.74 Å². The van der Waals surface area contributed by atoms with E-state index in [1.807, 2.05) is 6.07 Å². The minimum absolute atomic E-state index is 0.0162. The van der Waals surface area contributed by atoms with Crippen LogP contribution in [0.2, 0.25) is 0 Å². The summed E-state index contributed by atoms with van der Waals surface area (Å²) in [7, 11) is 1.58. The number of aliphatic hydroxyl groups is 1. The first-order valence-corrected chi connectivity index (χ1v) is 9.98. The molecule has 148 valence electrons. The molecule has 1 saturated heterocycles. The summed E-state index contributed by atoms with van der Waals surface area (Å²) in [6.45, 7) is 1.26. The molecule has 6 nitrogen and oxygen atoms in total. The van der Waals surface area contributed by atoms with E-state index in [0.29, 0.717) is 32.5 Å². The van der Waals surface area contributed by atoms with E-state index in [1.54, 1.807) is 11.9 Å². The number of carbonyl (C=O) groups is 2. The summed E-state index contributed by atoms with van der Waals surface area (Å²) in [4.78, 5) is 25.5. The van der Waals surface area contributed by atoms with Gasteiger partial charge in [-0.3, -0.25) is 9.59 Å². The number of amides is 2. The molecule has 2 atom stereocenters. The first-order valence-electron chi connectivity index (χ1n) is 9.98. The van der Waals surface area contributed by atoms with Gasteiger partial charge in [-0.1, -0.05) is 6.07 Å². The molecule has 1 heterocycles. The Kier molecular flexibility index (Phi) is 6.72. The highest BCUT2D eigenvalue weighted by Crippen LogP contribution is 2.25. The molecule has 1 aliphatic carbocycles. The lowest BCUT2D eigenvalue weighted by molar-refractivity contribution is -0.131. The van der Waals surface area contributed by atoms with Crippen molar-refractivity contribution in [2.45, 2.75) is 51.0 Å². The second-order valence-electron chi connectivity index (χ2n) is 7.59. The summed E-state index contributed by atoms with van der Waals surface area (Å²) in [5, 5.41) is 12.6. The van der Waals surface area contributed by atoms with Crippen LogP contribution in [0.4, 0.5) is 0 Å². The molecule has 1 fully saturated rings. The lowest BCUT2D eigenvalue weighted by Gasteiger charge is -2.17. The minimum Gasteiger partial charge on any atom is -0.494 e. The van der Waals surface area contributed by atoms with Crippen LogP contribution in [-0.2, 0) is 22.4 Å². The fraction of sp³-hybridized carbons (Fsp3) is 0.619. The third-order valence-electron chi connectivity index (χ3n) is 5.61. The van der Waals surface area contributed by atoms with E-state index in [0.717, 1.165) is 18.6 Å². The summed E-state index contributed by atoms with van der Waals surface area (Å²) >= 11 is 0.